The minimum atomic E-state index is -3.51. The Kier molecular flexibility index (Phi) is 4.89. The molecule has 0 aromatic heterocycles. The standard InChI is InChI=1S/C18H18F2O3/c1-4-13-5-7-14(8-6-13)18(19,20)23-15-9-10-16(21)17(11-15)22-12(2)3/h4-12,21H,1H2,2-3H3. The van der Waals surface area contributed by atoms with Crippen molar-refractivity contribution in [2.24, 2.45) is 0 Å². The highest BCUT2D eigenvalue weighted by atomic mass is 19.3. The van der Waals surface area contributed by atoms with Gasteiger partial charge < -0.3 is 14.6 Å². The second-order valence-electron chi connectivity index (χ2n) is 5.24. The normalized spacial score (nSPS) is 11.3. The average Bonchev–Trinajstić information content (AvgIpc) is 2.50. The smallest absolute Gasteiger partial charge is 0.426 e. The van der Waals surface area contributed by atoms with Gasteiger partial charge in [0.15, 0.2) is 11.5 Å². The van der Waals surface area contributed by atoms with Crippen LogP contribution in [0, 0.1) is 0 Å². The first-order valence-corrected chi connectivity index (χ1v) is 7.11. The summed E-state index contributed by atoms with van der Waals surface area (Å²) in [6, 6.07) is 9.37. The summed E-state index contributed by atoms with van der Waals surface area (Å²) in [6.45, 7) is 7.11. The number of hydrogen-bond donors (Lipinski definition) is 1. The van der Waals surface area contributed by atoms with Crippen LogP contribution in [0.1, 0.15) is 25.0 Å². The largest absolute Gasteiger partial charge is 0.504 e. The molecule has 0 aliphatic carbocycles. The summed E-state index contributed by atoms with van der Waals surface area (Å²) in [7, 11) is 0. The summed E-state index contributed by atoms with van der Waals surface area (Å²) >= 11 is 0. The van der Waals surface area contributed by atoms with Crippen molar-refractivity contribution in [3.63, 3.8) is 0 Å². The molecule has 0 bridgehead atoms. The third-order valence-corrected chi connectivity index (χ3v) is 3.02. The molecule has 2 aromatic carbocycles. The van der Waals surface area contributed by atoms with E-state index in [2.05, 4.69) is 6.58 Å². The average molecular weight is 320 g/mol. The van der Waals surface area contributed by atoms with Crippen LogP contribution in [0.5, 0.6) is 17.2 Å². The molecule has 0 unspecified atom stereocenters. The molecule has 23 heavy (non-hydrogen) atoms. The fraction of sp³-hybridized carbons (Fsp3) is 0.222. The Labute approximate surface area is 133 Å². The highest BCUT2D eigenvalue weighted by Crippen LogP contribution is 2.36. The first-order chi connectivity index (χ1) is 10.8. The van der Waals surface area contributed by atoms with Crippen molar-refractivity contribution in [1.29, 1.82) is 0 Å². The molecule has 0 aliphatic rings. The van der Waals surface area contributed by atoms with E-state index in [9.17, 15) is 13.9 Å². The molecule has 0 spiro atoms. The molecule has 2 rings (SSSR count). The van der Waals surface area contributed by atoms with Crippen molar-refractivity contribution in [3.05, 3.63) is 60.2 Å². The van der Waals surface area contributed by atoms with Crippen LogP contribution in [0.25, 0.3) is 6.08 Å². The third kappa shape index (κ3) is 4.22. The molecular formula is C18H18F2O3. The van der Waals surface area contributed by atoms with Gasteiger partial charge in [-0.1, -0.05) is 24.8 Å². The zero-order valence-corrected chi connectivity index (χ0v) is 12.9. The van der Waals surface area contributed by atoms with E-state index in [0.717, 1.165) is 5.56 Å². The van der Waals surface area contributed by atoms with Crippen LogP contribution in [0.15, 0.2) is 49.0 Å². The highest BCUT2D eigenvalue weighted by molar-refractivity contribution is 5.48. The lowest BCUT2D eigenvalue weighted by atomic mass is 10.1. The number of aromatic hydroxyl groups is 1. The maximum atomic E-state index is 14.2. The minimum absolute atomic E-state index is 0.0929. The number of ether oxygens (including phenoxy) is 2. The van der Waals surface area contributed by atoms with Gasteiger partial charge in [0.25, 0.3) is 0 Å². The molecule has 0 amide bonds. The highest BCUT2D eigenvalue weighted by Gasteiger charge is 2.34. The van der Waals surface area contributed by atoms with Gasteiger partial charge in [-0.3, -0.25) is 0 Å². The molecule has 122 valence electrons. The minimum Gasteiger partial charge on any atom is -0.504 e. The van der Waals surface area contributed by atoms with Crippen molar-refractivity contribution in [2.45, 2.75) is 26.1 Å². The van der Waals surface area contributed by atoms with Crippen LogP contribution >= 0.6 is 0 Å². The van der Waals surface area contributed by atoms with Gasteiger partial charge in [-0.05, 0) is 43.7 Å². The first-order valence-electron chi connectivity index (χ1n) is 7.11. The van der Waals surface area contributed by atoms with E-state index in [1.807, 2.05) is 0 Å². The Morgan fingerprint density at radius 2 is 1.78 bits per heavy atom. The second kappa shape index (κ2) is 6.69. The molecular weight excluding hydrogens is 302 g/mol. The zero-order chi connectivity index (χ0) is 17.0. The number of rotatable bonds is 6. The van der Waals surface area contributed by atoms with Crippen LogP contribution in [0.2, 0.25) is 0 Å². The molecule has 0 fully saturated rings. The Morgan fingerprint density at radius 3 is 2.35 bits per heavy atom. The van der Waals surface area contributed by atoms with Crippen molar-refractivity contribution in [2.75, 3.05) is 0 Å². The lowest BCUT2D eigenvalue weighted by Crippen LogP contribution is -2.21. The van der Waals surface area contributed by atoms with Crippen LogP contribution in [-0.2, 0) is 6.11 Å². The Bertz CT molecular complexity index is 679. The van der Waals surface area contributed by atoms with Crippen molar-refractivity contribution in [1.82, 2.24) is 0 Å². The predicted octanol–water partition coefficient (Wildman–Crippen LogP) is 4.95. The SMILES string of the molecule is C=Cc1ccc(C(F)(F)Oc2ccc(O)c(OC(C)C)c2)cc1. The Balaban J connectivity index is 2.23. The van der Waals surface area contributed by atoms with Crippen LogP contribution in [0.4, 0.5) is 8.78 Å². The summed E-state index contributed by atoms with van der Waals surface area (Å²) in [5.74, 6) is -0.142. The maximum absolute atomic E-state index is 14.2. The van der Waals surface area contributed by atoms with E-state index >= 15 is 0 Å². The van der Waals surface area contributed by atoms with Gasteiger partial charge in [0, 0.05) is 6.07 Å². The number of hydrogen-bond acceptors (Lipinski definition) is 3. The lowest BCUT2D eigenvalue weighted by Gasteiger charge is -2.19. The zero-order valence-electron chi connectivity index (χ0n) is 12.9. The molecule has 0 saturated carbocycles. The molecule has 5 heteroatoms. The predicted molar refractivity (Wildman–Crippen MR) is 84.9 cm³/mol. The molecule has 0 radical (unpaired) electrons. The maximum Gasteiger partial charge on any atom is 0.426 e. The number of alkyl halides is 2. The topological polar surface area (TPSA) is 38.7 Å². The molecule has 0 aliphatic heterocycles. The quantitative estimate of drug-likeness (QED) is 0.818. The fourth-order valence-electron chi connectivity index (χ4n) is 1.93. The van der Waals surface area contributed by atoms with Crippen molar-refractivity contribution < 1.29 is 23.4 Å². The summed E-state index contributed by atoms with van der Waals surface area (Å²) in [5, 5.41) is 9.68. The monoisotopic (exact) mass is 320 g/mol. The van der Waals surface area contributed by atoms with E-state index in [1.54, 1.807) is 19.9 Å². The summed E-state index contributed by atoms with van der Waals surface area (Å²) in [4.78, 5) is 0. The van der Waals surface area contributed by atoms with Crippen LogP contribution in [-0.4, -0.2) is 11.2 Å². The van der Waals surface area contributed by atoms with Gasteiger partial charge in [0.1, 0.15) is 5.75 Å². The Morgan fingerprint density at radius 1 is 1.13 bits per heavy atom. The first kappa shape index (κ1) is 16.8. The molecule has 0 heterocycles. The number of benzene rings is 2. The van der Waals surface area contributed by atoms with Gasteiger partial charge in [-0.2, -0.15) is 8.78 Å². The Hall–Kier alpha value is -2.56. The van der Waals surface area contributed by atoms with E-state index in [1.165, 1.54) is 42.5 Å². The number of phenolic OH excluding ortho intramolecular Hbond substituents is 1. The van der Waals surface area contributed by atoms with E-state index in [4.69, 9.17) is 9.47 Å². The van der Waals surface area contributed by atoms with E-state index in [-0.39, 0.29) is 28.9 Å². The van der Waals surface area contributed by atoms with Crippen molar-refractivity contribution >= 4 is 6.08 Å². The fourth-order valence-corrected chi connectivity index (χ4v) is 1.93. The van der Waals surface area contributed by atoms with Gasteiger partial charge in [-0.25, -0.2) is 0 Å². The molecule has 1 N–H and O–H groups in total. The van der Waals surface area contributed by atoms with Crippen LogP contribution < -0.4 is 9.47 Å². The van der Waals surface area contributed by atoms with Crippen molar-refractivity contribution in [3.8, 4) is 17.2 Å². The van der Waals surface area contributed by atoms with E-state index < -0.39 is 6.11 Å². The third-order valence-electron chi connectivity index (χ3n) is 3.02. The molecule has 0 saturated heterocycles. The number of phenols is 1. The summed E-state index contributed by atoms with van der Waals surface area (Å²) < 4.78 is 38.6. The second-order valence-corrected chi connectivity index (χ2v) is 5.24. The molecule has 3 nitrogen and oxygen atoms in total. The molecule has 0 atom stereocenters. The van der Waals surface area contributed by atoms with Gasteiger partial charge in [0.2, 0.25) is 0 Å². The van der Waals surface area contributed by atoms with Gasteiger partial charge in [-0.15, -0.1) is 0 Å². The lowest BCUT2D eigenvalue weighted by molar-refractivity contribution is -0.185. The van der Waals surface area contributed by atoms with Crippen LogP contribution in [0.3, 0.4) is 0 Å². The summed E-state index contributed by atoms with van der Waals surface area (Å²) in [5.41, 5.74) is 0.462. The molecule has 2 aromatic rings. The van der Waals surface area contributed by atoms with Gasteiger partial charge in [0.05, 0.1) is 11.7 Å². The summed E-state index contributed by atoms with van der Waals surface area (Å²) in [6.07, 6.45) is -2.15. The van der Waals surface area contributed by atoms with Gasteiger partial charge >= 0.3 is 6.11 Å². The van der Waals surface area contributed by atoms with E-state index in [0.29, 0.717) is 0 Å². The number of halogens is 2.